The number of aromatic nitrogens is 3. The van der Waals surface area contributed by atoms with E-state index in [1.807, 2.05) is 32.9 Å². The second-order valence-electron chi connectivity index (χ2n) is 7.32. The molecule has 0 aliphatic heterocycles. The molecule has 0 bridgehead atoms. The molecule has 0 saturated heterocycles. The van der Waals surface area contributed by atoms with Crippen LogP contribution in [0.2, 0.25) is 5.15 Å². The van der Waals surface area contributed by atoms with E-state index < -0.39 is 11.8 Å². The summed E-state index contributed by atoms with van der Waals surface area (Å²) < 4.78 is 1.36. The number of anilines is 1. The predicted octanol–water partition coefficient (Wildman–Crippen LogP) is 3.80. The van der Waals surface area contributed by atoms with E-state index in [0.29, 0.717) is 22.6 Å². The molecule has 1 aromatic carbocycles. The van der Waals surface area contributed by atoms with E-state index in [2.05, 4.69) is 20.7 Å². The Hall–Kier alpha value is -3.70. The highest BCUT2D eigenvalue weighted by Crippen LogP contribution is 2.25. The fourth-order valence-electron chi connectivity index (χ4n) is 3.09. The molecule has 2 N–H and O–H groups in total. The van der Waals surface area contributed by atoms with Crippen LogP contribution in [0.15, 0.2) is 36.5 Å². The second kappa shape index (κ2) is 8.98. The Kier molecular flexibility index (Phi) is 6.37. The van der Waals surface area contributed by atoms with Gasteiger partial charge in [0.25, 0.3) is 11.8 Å². The van der Waals surface area contributed by atoms with Crippen molar-refractivity contribution < 1.29 is 9.59 Å². The Labute approximate surface area is 184 Å². The summed E-state index contributed by atoms with van der Waals surface area (Å²) in [6.45, 7) is 7.22. The number of halogens is 1. The quantitative estimate of drug-likeness (QED) is 0.631. The van der Waals surface area contributed by atoms with Gasteiger partial charge in [-0.15, -0.1) is 0 Å². The molecule has 3 rings (SSSR count). The average molecular weight is 437 g/mol. The van der Waals surface area contributed by atoms with Crippen LogP contribution in [0.25, 0.3) is 5.82 Å². The summed E-state index contributed by atoms with van der Waals surface area (Å²) in [6.07, 6.45) is 1.60. The molecular weight excluding hydrogens is 416 g/mol. The topological polar surface area (TPSA) is 113 Å². The zero-order valence-corrected chi connectivity index (χ0v) is 18.3. The van der Waals surface area contributed by atoms with Crippen molar-refractivity contribution in [1.29, 1.82) is 5.26 Å². The molecule has 0 radical (unpaired) electrons. The minimum absolute atomic E-state index is 0.116. The average Bonchev–Trinajstić information content (AvgIpc) is 3.10. The number of nitriles is 1. The molecule has 0 aliphatic rings. The largest absolute Gasteiger partial charge is 0.350 e. The molecule has 2 amide bonds. The summed E-state index contributed by atoms with van der Waals surface area (Å²) in [5, 5.41) is 19.2. The monoisotopic (exact) mass is 436 g/mol. The fourth-order valence-corrected chi connectivity index (χ4v) is 3.27. The fraction of sp³-hybridized carbons (Fsp3) is 0.227. The van der Waals surface area contributed by atoms with E-state index in [9.17, 15) is 14.9 Å². The summed E-state index contributed by atoms with van der Waals surface area (Å²) in [5.41, 5.74) is 2.37. The van der Waals surface area contributed by atoms with Crippen LogP contribution < -0.4 is 10.6 Å². The maximum atomic E-state index is 13.2. The molecular formula is C22H21ClN6O2. The smallest absolute Gasteiger partial charge is 0.274 e. The van der Waals surface area contributed by atoms with Crippen molar-refractivity contribution >= 4 is 29.1 Å². The minimum Gasteiger partial charge on any atom is -0.350 e. The van der Waals surface area contributed by atoms with Gasteiger partial charge in [0.15, 0.2) is 11.0 Å². The molecule has 0 fully saturated rings. The van der Waals surface area contributed by atoms with Gasteiger partial charge in [-0.2, -0.15) is 10.4 Å². The van der Waals surface area contributed by atoms with Gasteiger partial charge >= 0.3 is 0 Å². The summed E-state index contributed by atoms with van der Waals surface area (Å²) in [6, 6.07) is 10.0. The standard InChI is InChI=1S/C22H21ClN6O2/c1-12(2)26-21(30)16-9-15(11-24)8-14(4)19(16)27-22(31)17-10-18(23)28-29(17)20-13(3)6-5-7-25-20/h5-10,12H,1-4H3,(H,26,30)(H,27,31). The minimum atomic E-state index is -0.518. The van der Waals surface area contributed by atoms with Crippen molar-refractivity contribution in [3.8, 4) is 11.9 Å². The lowest BCUT2D eigenvalue weighted by Crippen LogP contribution is -2.31. The van der Waals surface area contributed by atoms with Crippen LogP contribution in [0.3, 0.4) is 0 Å². The van der Waals surface area contributed by atoms with Crippen LogP contribution >= 0.6 is 11.6 Å². The molecule has 3 aromatic rings. The number of nitrogens with one attached hydrogen (secondary N) is 2. The summed E-state index contributed by atoms with van der Waals surface area (Å²) in [5.74, 6) is -0.442. The van der Waals surface area contributed by atoms with Gasteiger partial charge < -0.3 is 10.6 Å². The van der Waals surface area contributed by atoms with Crippen LogP contribution in [-0.4, -0.2) is 32.6 Å². The van der Waals surface area contributed by atoms with E-state index in [4.69, 9.17) is 11.6 Å². The zero-order valence-electron chi connectivity index (χ0n) is 17.5. The predicted molar refractivity (Wildman–Crippen MR) is 118 cm³/mol. The molecule has 0 spiro atoms. The van der Waals surface area contributed by atoms with E-state index in [-0.39, 0.29) is 22.5 Å². The number of hydrogen-bond acceptors (Lipinski definition) is 5. The molecule has 2 aromatic heterocycles. The van der Waals surface area contributed by atoms with Crippen LogP contribution in [0, 0.1) is 25.2 Å². The molecule has 0 aliphatic carbocycles. The molecule has 2 heterocycles. The molecule has 0 saturated carbocycles. The SMILES string of the molecule is Cc1cccnc1-n1nc(Cl)cc1C(=O)Nc1c(C)cc(C#N)cc1C(=O)NC(C)C. The number of carbonyl (C=O) groups is 2. The van der Waals surface area contributed by atoms with E-state index in [1.54, 1.807) is 25.3 Å². The molecule has 8 nitrogen and oxygen atoms in total. The van der Waals surface area contributed by atoms with Crippen molar-refractivity contribution in [2.75, 3.05) is 5.32 Å². The number of carbonyl (C=O) groups excluding carboxylic acids is 2. The maximum absolute atomic E-state index is 13.2. The highest BCUT2D eigenvalue weighted by Gasteiger charge is 2.22. The first-order chi connectivity index (χ1) is 14.7. The van der Waals surface area contributed by atoms with E-state index in [0.717, 1.165) is 5.56 Å². The third-order valence-corrected chi connectivity index (χ3v) is 4.65. The second-order valence-corrected chi connectivity index (χ2v) is 7.71. The Morgan fingerprint density at radius 2 is 1.90 bits per heavy atom. The van der Waals surface area contributed by atoms with Crippen LogP contribution in [0.4, 0.5) is 5.69 Å². The third-order valence-electron chi connectivity index (χ3n) is 4.46. The highest BCUT2D eigenvalue weighted by atomic mass is 35.5. The summed E-state index contributed by atoms with van der Waals surface area (Å²) >= 11 is 6.08. The number of hydrogen-bond donors (Lipinski definition) is 2. The first-order valence-corrected chi connectivity index (χ1v) is 9.93. The van der Waals surface area contributed by atoms with Gasteiger partial charge in [0, 0.05) is 18.3 Å². The van der Waals surface area contributed by atoms with Gasteiger partial charge in [-0.3, -0.25) is 9.59 Å². The lowest BCUT2D eigenvalue weighted by Gasteiger charge is -2.16. The number of amides is 2. The van der Waals surface area contributed by atoms with Crippen molar-refractivity contribution in [2.24, 2.45) is 0 Å². The lowest BCUT2D eigenvalue weighted by atomic mass is 10.0. The van der Waals surface area contributed by atoms with Crippen molar-refractivity contribution in [2.45, 2.75) is 33.7 Å². The van der Waals surface area contributed by atoms with Gasteiger partial charge in [0.2, 0.25) is 0 Å². The summed E-state index contributed by atoms with van der Waals surface area (Å²) in [7, 11) is 0. The maximum Gasteiger partial charge on any atom is 0.274 e. The van der Waals surface area contributed by atoms with E-state index in [1.165, 1.54) is 16.8 Å². The number of benzene rings is 1. The number of rotatable bonds is 5. The lowest BCUT2D eigenvalue weighted by molar-refractivity contribution is 0.0944. The Balaban J connectivity index is 2.05. The van der Waals surface area contributed by atoms with Crippen LogP contribution in [0.5, 0.6) is 0 Å². The zero-order chi connectivity index (χ0) is 22.7. The van der Waals surface area contributed by atoms with Gasteiger partial charge in [0.1, 0.15) is 5.69 Å². The molecule has 158 valence electrons. The number of aryl methyl sites for hydroxylation is 2. The van der Waals surface area contributed by atoms with Crippen molar-refractivity contribution in [3.05, 3.63) is 69.6 Å². The Bertz CT molecular complexity index is 1210. The molecule has 9 heteroatoms. The van der Waals surface area contributed by atoms with Crippen molar-refractivity contribution in [1.82, 2.24) is 20.1 Å². The van der Waals surface area contributed by atoms with Gasteiger partial charge in [-0.1, -0.05) is 17.7 Å². The molecule has 0 unspecified atom stereocenters. The molecule has 31 heavy (non-hydrogen) atoms. The van der Waals surface area contributed by atoms with Gasteiger partial charge in [-0.05, 0) is 57.0 Å². The normalized spacial score (nSPS) is 10.6. The summed E-state index contributed by atoms with van der Waals surface area (Å²) in [4.78, 5) is 30.2. The highest BCUT2D eigenvalue weighted by molar-refractivity contribution is 6.30. The van der Waals surface area contributed by atoms with E-state index >= 15 is 0 Å². The van der Waals surface area contributed by atoms with Gasteiger partial charge in [-0.25, -0.2) is 9.67 Å². The van der Waals surface area contributed by atoms with Crippen LogP contribution in [-0.2, 0) is 0 Å². The first kappa shape index (κ1) is 22.0. The number of nitrogens with zero attached hydrogens (tertiary/aromatic N) is 4. The molecule has 0 atom stereocenters. The first-order valence-electron chi connectivity index (χ1n) is 9.55. The Morgan fingerprint density at radius 1 is 1.16 bits per heavy atom. The van der Waals surface area contributed by atoms with Crippen molar-refractivity contribution in [3.63, 3.8) is 0 Å². The third kappa shape index (κ3) is 4.73. The van der Waals surface area contributed by atoms with Crippen LogP contribution in [0.1, 0.15) is 51.4 Å². The Morgan fingerprint density at radius 3 is 2.55 bits per heavy atom. The number of pyridine rings is 1. The van der Waals surface area contributed by atoms with Gasteiger partial charge in [0.05, 0.1) is 22.9 Å².